The molecule has 3 aromatic rings. The zero-order valence-corrected chi connectivity index (χ0v) is 12.5. The Morgan fingerprint density at radius 2 is 1.95 bits per heavy atom. The molecule has 7 heteroatoms. The molecule has 0 aromatic carbocycles. The minimum Gasteiger partial charge on any atom is -0.480 e. The van der Waals surface area contributed by atoms with E-state index in [1.807, 2.05) is 31.5 Å². The summed E-state index contributed by atoms with van der Waals surface area (Å²) in [5, 5.41) is 8.45. The van der Waals surface area contributed by atoms with Gasteiger partial charge in [0.25, 0.3) is 0 Å². The van der Waals surface area contributed by atoms with E-state index in [9.17, 15) is 0 Å². The van der Waals surface area contributed by atoms with Crippen LogP contribution < -0.4 is 9.47 Å². The Morgan fingerprint density at radius 3 is 2.64 bits per heavy atom. The molecule has 1 N–H and O–H groups in total. The van der Waals surface area contributed by atoms with Gasteiger partial charge in [0.1, 0.15) is 5.69 Å². The second-order valence-electron chi connectivity index (χ2n) is 4.61. The van der Waals surface area contributed by atoms with Crippen molar-refractivity contribution in [2.45, 2.75) is 6.92 Å². The smallest absolute Gasteiger partial charge is 0.319 e. The molecule has 0 aliphatic heterocycles. The Morgan fingerprint density at radius 1 is 1.09 bits per heavy atom. The van der Waals surface area contributed by atoms with Crippen molar-refractivity contribution in [3.8, 4) is 34.3 Å². The maximum Gasteiger partial charge on any atom is 0.319 e. The first-order valence-corrected chi connectivity index (χ1v) is 6.66. The summed E-state index contributed by atoms with van der Waals surface area (Å²) in [6.07, 6.45) is 5.40. The summed E-state index contributed by atoms with van der Waals surface area (Å²) in [6, 6.07) is 4.17. The molecule has 3 aromatic heterocycles. The molecule has 0 amide bonds. The van der Waals surface area contributed by atoms with Crippen LogP contribution in [0.2, 0.25) is 0 Å². The number of hydrogen-bond donors (Lipinski definition) is 1. The highest BCUT2D eigenvalue weighted by Gasteiger charge is 2.14. The van der Waals surface area contributed by atoms with Gasteiger partial charge < -0.3 is 14.5 Å². The van der Waals surface area contributed by atoms with Crippen LogP contribution in [0.25, 0.3) is 22.4 Å². The second kappa shape index (κ2) is 5.80. The summed E-state index contributed by atoms with van der Waals surface area (Å²) < 4.78 is 10.3. The van der Waals surface area contributed by atoms with Crippen molar-refractivity contribution >= 4 is 0 Å². The number of aromatic amines is 1. The molecule has 0 atom stereocenters. The van der Waals surface area contributed by atoms with E-state index in [1.165, 1.54) is 7.11 Å². The molecular weight excluding hydrogens is 282 g/mol. The Balaban J connectivity index is 2.11. The maximum atomic E-state index is 5.30. The third-order valence-electron chi connectivity index (χ3n) is 3.27. The Hall–Kier alpha value is -2.96. The third-order valence-corrected chi connectivity index (χ3v) is 3.27. The number of rotatable bonds is 4. The van der Waals surface area contributed by atoms with E-state index in [-0.39, 0.29) is 6.01 Å². The molecule has 0 saturated carbocycles. The number of ether oxygens (including phenoxy) is 2. The molecule has 0 unspecified atom stereocenters. The van der Waals surface area contributed by atoms with Crippen LogP contribution in [0.15, 0.2) is 30.7 Å². The van der Waals surface area contributed by atoms with Crippen LogP contribution in [0.1, 0.15) is 5.69 Å². The first-order valence-electron chi connectivity index (χ1n) is 6.66. The molecule has 0 aliphatic carbocycles. The van der Waals surface area contributed by atoms with E-state index < -0.39 is 0 Å². The first kappa shape index (κ1) is 14.0. The minimum atomic E-state index is 0.242. The normalized spacial score (nSPS) is 10.5. The van der Waals surface area contributed by atoms with Crippen molar-refractivity contribution < 1.29 is 9.47 Å². The van der Waals surface area contributed by atoms with Crippen molar-refractivity contribution in [2.24, 2.45) is 0 Å². The van der Waals surface area contributed by atoms with Crippen LogP contribution >= 0.6 is 0 Å². The van der Waals surface area contributed by atoms with Gasteiger partial charge in [0.05, 0.1) is 25.5 Å². The van der Waals surface area contributed by atoms with Crippen LogP contribution in [0.4, 0.5) is 0 Å². The first-order chi connectivity index (χ1) is 10.7. The monoisotopic (exact) mass is 297 g/mol. The number of nitrogens with one attached hydrogen (secondary N) is 1. The van der Waals surface area contributed by atoms with Gasteiger partial charge in [-0.05, 0) is 19.1 Å². The summed E-state index contributed by atoms with van der Waals surface area (Å²) in [5.74, 6) is 0.394. The van der Waals surface area contributed by atoms with Crippen molar-refractivity contribution in [3.63, 3.8) is 0 Å². The number of aromatic nitrogens is 5. The average molecular weight is 297 g/mol. The molecule has 0 bridgehead atoms. The van der Waals surface area contributed by atoms with E-state index in [2.05, 4.69) is 25.1 Å². The lowest BCUT2D eigenvalue weighted by atomic mass is 10.1. The summed E-state index contributed by atoms with van der Waals surface area (Å²) >= 11 is 0. The third kappa shape index (κ3) is 2.48. The maximum absolute atomic E-state index is 5.30. The molecular formula is C15H15N5O2. The van der Waals surface area contributed by atoms with Gasteiger partial charge in [-0.2, -0.15) is 10.1 Å². The summed E-state index contributed by atoms with van der Waals surface area (Å²) in [4.78, 5) is 11.3. The molecule has 3 heterocycles. The van der Waals surface area contributed by atoms with Crippen LogP contribution in [0, 0.1) is 6.92 Å². The minimum absolute atomic E-state index is 0.242. The molecule has 3 rings (SSSR count). The lowest BCUT2D eigenvalue weighted by molar-refractivity contribution is 0.353. The Kier molecular flexibility index (Phi) is 3.69. The van der Waals surface area contributed by atoms with E-state index in [4.69, 9.17) is 9.47 Å². The predicted octanol–water partition coefficient (Wildman–Crippen LogP) is 2.25. The van der Waals surface area contributed by atoms with Crippen LogP contribution in [-0.2, 0) is 0 Å². The zero-order valence-electron chi connectivity index (χ0n) is 12.5. The lowest BCUT2D eigenvalue weighted by Gasteiger charge is -2.09. The fourth-order valence-electron chi connectivity index (χ4n) is 2.15. The molecule has 0 aliphatic rings. The molecule has 22 heavy (non-hydrogen) atoms. The molecule has 0 saturated heterocycles. The second-order valence-corrected chi connectivity index (χ2v) is 4.61. The Bertz CT molecular complexity index is 787. The number of nitrogens with zero attached hydrogens (tertiary/aromatic N) is 4. The average Bonchev–Trinajstić information content (AvgIpc) is 3.09. The SMILES string of the molecule is COc1ncc(-c2cc(-c3cc[nH]c3)c(C)nn2)c(OC)n1. The van der Waals surface area contributed by atoms with Gasteiger partial charge in [-0.25, -0.2) is 4.98 Å². The Labute approximate surface area is 127 Å². The van der Waals surface area contributed by atoms with Gasteiger partial charge >= 0.3 is 6.01 Å². The van der Waals surface area contributed by atoms with E-state index >= 15 is 0 Å². The van der Waals surface area contributed by atoms with E-state index in [0.29, 0.717) is 17.1 Å². The highest BCUT2D eigenvalue weighted by atomic mass is 16.5. The topological polar surface area (TPSA) is 85.8 Å². The van der Waals surface area contributed by atoms with Crippen molar-refractivity contribution in [1.82, 2.24) is 25.1 Å². The molecule has 0 spiro atoms. The predicted molar refractivity (Wildman–Crippen MR) is 80.7 cm³/mol. The molecule has 0 radical (unpaired) electrons. The van der Waals surface area contributed by atoms with E-state index in [1.54, 1.807) is 13.3 Å². The molecule has 0 fully saturated rings. The number of H-pyrrole nitrogens is 1. The van der Waals surface area contributed by atoms with Crippen LogP contribution in [0.3, 0.4) is 0 Å². The molecule has 112 valence electrons. The van der Waals surface area contributed by atoms with Gasteiger partial charge in [0.2, 0.25) is 5.88 Å². The highest BCUT2D eigenvalue weighted by Crippen LogP contribution is 2.30. The fourth-order valence-corrected chi connectivity index (χ4v) is 2.15. The summed E-state index contributed by atoms with van der Waals surface area (Å²) in [7, 11) is 3.05. The van der Waals surface area contributed by atoms with Crippen molar-refractivity contribution in [1.29, 1.82) is 0 Å². The van der Waals surface area contributed by atoms with Crippen molar-refractivity contribution in [2.75, 3.05) is 14.2 Å². The van der Waals surface area contributed by atoms with Crippen LogP contribution in [-0.4, -0.2) is 39.4 Å². The van der Waals surface area contributed by atoms with Gasteiger partial charge in [-0.15, -0.1) is 5.10 Å². The number of hydrogen-bond acceptors (Lipinski definition) is 6. The van der Waals surface area contributed by atoms with Gasteiger partial charge in [-0.3, -0.25) is 0 Å². The van der Waals surface area contributed by atoms with E-state index in [0.717, 1.165) is 16.8 Å². The summed E-state index contributed by atoms with van der Waals surface area (Å²) in [6.45, 7) is 1.92. The number of aryl methyl sites for hydroxylation is 1. The number of methoxy groups -OCH3 is 2. The standard InChI is InChI=1S/C15H15N5O2/c1-9-11(10-4-5-16-7-10)6-13(20-19-9)12-8-17-15(22-3)18-14(12)21-2/h4-8,16H,1-3H3. The van der Waals surface area contributed by atoms with Gasteiger partial charge in [-0.1, -0.05) is 0 Å². The van der Waals surface area contributed by atoms with Gasteiger partial charge in [0, 0.05) is 29.7 Å². The lowest BCUT2D eigenvalue weighted by Crippen LogP contribution is -2.00. The van der Waals surface area contributed by atoms with Gasteiger partial charge in [0.15, 0.2) is 0 Å². The van der Waals surface area contributed by atoms with Crippen molar-refractivity contribution in [3.05, 3.63) is 36.4 Å². The quantitative estimate of drug-likeness (QED) is 0.795. The largest absolute Gasteiger partial charge is 0.480 e. The van der Waals surface area contributed by atoms with Crippen LogP contribution in [0.5, 0.6) is 11.9 Å². The fraction of sp³-hybridized carbons (Fsp3) is 0.200. The zero-order chi connectivity index (χ0) is 15.5. The molecule has 7 nitrogen and oxygen atoms in total. The highest BCUT2D eigenvalue weighted by molar-refractivity contribution is 5.72. The summed E-state index contributed by atoms with van der Waals surface area (Å²) in [5.41, 5.74) is 4.18.